The van der Waals surface area contributed by atoms with Gasteiger partial charge < -0.3 is 0 Å². The normalized spacial score (nSPS) is 19.7. The van der Waals surface area contributed by atoms with Gasteiger partial charge in [0.15, 0.2) is 5.17 Å². The Morgan fingerprint density at radius 3 is 2.33 bits per heavy atom. The number of imide groups is 1. The predicted octanol–water partition coefficient (Wildman–Crippen LogP) is 6.56. The van der Waals surface area contributed by atoms with Gasteiger partial charge in [0.1, 0.15) is 5.25 Å². The van der Waals surface area contributed by atoms with Gasteiger partial charge in [0, 0.05) is 22.3 Å². The molecule has 0 spiro atoms. The molecular weight excluding hydrogens is 560 g/mol. The molecule has 0 unspecified atom stereocenters. The van der Waals surface area contributed by atoms with E-state index in [0.717, 1.165) is 38.6 Å². The molecule has 1 saturated heterocycles. The number of aryl methyl sites for hydroxylation is 1. The van der Waals surface area contributed by atoms with Crippen LogP contribution in [0.5, 0.6) is 0 Å². The van der Waals surface area contributed by atoms with Crippen LogP contribution in [0.25, 0.3) is 0 Å². The SMILES string of the molecule is Cc1ccc(C2=NN(C(=N)S[C@H]3CC(=O)N(c4ccc(Br)cc4)C3=O)[C@H](c3ccc(Cl)cc3)C2)cc1. The first-order valence-electron chi connectivity index (χ1n) is 11.4. The van der Waals surface area contributed by atoms with Gasteiger partial charge in [0.25, 0.3) is 0 Å². The number of thioether (sulfide) groups is 1. The number of halogens is 2. The molecule has 3 aromatic carbocycles. The molecule has 0 radical (unpaired) electrons. The van der Waals surface area contributed by atoms with E-state index in [1.165, 1.54) is 4.90 Å². The third kappa shape index (κ3) is 4.98. The van der Waals surface area contributed by atoms with Crippen LogP contribution >= 0.6 is 39.3 Å². The number of carbonyl (C=O) groups is 2. The van der Waals surface area contributed by atoms with E-state index in [1.807, 2.05) is 55.5 Å². The van der Waals surface area contributed by atoms with Crippen molar-refractivity contribution in [1.82, 2.24) is 5.01 Å². The minimum Gasteiger partial charge on any atom is -0.277 e. The van der Waals surface area contributed by atoms with Gasteiger partial charge in [0.05, 0.1) is 17.4 Å². The average Bonchev–Trinajstić information content (AvgIpc) is 3.42. The Morgan fingerprint density at radius 1 is 1.00 bits per heavy atom. The molecule has 0 bridgehead atoms. The zero-order valence-electron chi connectivity index (χ0n) is 19.3. The molecule has 0 aromatic heterocycles. The molecule has 1 N–H and O–H groups in total. The quantitative estimate of drug-likeness (QED) is 0.215. The lowest BCUT2D eigenvalue weighted by Gasteiger charge is -2.24. The van der Waals surface area contributed by atoms with Gasteiger partial charge in [-0.3, -0.25) is 15.0 Å². The first kappa shape index (κ1) is 24.7. The lowest BCUT2D eigenvalue weighted by Crippen LogP contribution is -2.32. The molecule has 2 aliphatic heterocycles. The zero-order chi connectivity index (χ0) is 25.4. The van der Waals surface area contributed by atoms with Gasteiger partial charge in [0.2, 0.25) is 11.8 Å². The highest BCUT2D eigenvalue weighted by Gasteiger charge is 2.42. The smallest absolute Gasteiger partial charge is 0.247 e. The number of amidine groups is 1. The standard InChI is InChI=1S/C27H22BrClN4O2S/c1-16-2-4-17(5-3-16)22-14-23(18-6-10-20(29)11-7-18)33(31-22)27(30)36-24-15-25(34)32(26(24)35)21-12-8-19(28)9-13-21/h2-13,23-24,30H,14-15H2,1H3/t23-,24-/m0/s1. The van der Waals surface area contributed by atoms with Crippen molar-refractivity contribution in [3.8, 4) is 0 Å². The number of hydrazone groups is 1. The molecule has 6 nitrogen and oxygen atoms in total. The third-order valence-electron chi connectivity index (χ3n) is 6.20. The molecule has 9 heteroatoms. The Kier molecular flexibility index (Phi) is 7.01. The summed E-state index contributed by atoms with van der Waals surface area (Å²) in [6.45, 7) is 2.03. The number of amides is 2. The molecule has 0 saturated carbocycles. The molecule has 2 aliphatic rings. The predicted molar refractivity (Wildman–Crippen MR) is 149 cm³/mol. The van der Waals surface area contributed by atoms with Crippen LogP contribution in [-0.2, 0) is 9.59 Å². The second-order valence-corrected chi connectivity index (χ2v) is 11.2. The fourth-order valence-corrected chi connectivity index (χ4v) is 5.68. The molecule has 5 rings (SSSR count). The summed E-state index contributed by atoms with van der Waals surface area (Å²) in [5.41, 5.74) is 4.52. The zero-order valence-corrected chi connectivity index (χ0v) is 22.5. The van der Waals surface area contributed by atoms with Crippen LogP contribution in [0.2, 0.25) is 5.02 Å². The second-order valence-electron chi connectivity index (χ2n) is 8.69. The molecule has 2 heterocycles. The van der Waals surface area contributed by atoms with E-state index in [4.69, 9.17) is 22.1 Å². The number of rotatable bonds is 4. The summed E-state index contributed by atoms with van der Waals surface area (Å²) >= 11 is 10.6. The van der Waals surface area contributed by atoms with Crippen molar-refractivity contribution in [2.75, 3.05) is 4.90 Å². The van der Waals surface area contributed by atoms with Gasteiger partial charge in [-0.25, -0.2) is 9.91 Å². The van der Waals surface area contributed by atoms with E-state index in [9.17, 15) is 9.59 Å². The average molecular weight is 582 g/mol. The Labute approximate surface area is 227 Å². The largest absolute Gasteiger partial charge is 0.277 e. The first-order chi connectivity index (χ1) is 17.3. The minimum atomic E-state index is -0.682. The fraction of sp³-hybridized carbons (Fsp3) is 0.185. The van der Waals surface area contributed by atoms with E-state index >= 15 is 0 Å². The van der Waals surface area contributed by atoms with Crippen molar-refractivity contribution in [3.05, 3.63) is 99.0 Å². The van der Waals surface area contributed by atoms with E-state index < -0.39 is 5.25 Å². The Morgan fingerprint density at radius 2 is 1.67 bits per heavy atom. The van der Waals surface area contributed by atoms with Gasteiger partial charge in [-0.05, 0) is 54.4 Å². The second kappa shape index (κ2) is 10.2. The van der Waals surface area contributed by atoms with Crippen LogP contribution in [0.3, 0.4) is 0 Å². The number of hydrogen-bond donors (Lipinski definition) is 1. The highest BCUT2D eigenvalue weighted by molar-refractivity contribution is 9.10. The van der Waals surface area contributed by atoms with Gasteiger partial charge in [-0.2, -0.15) is 5.10 Å². The lowest BCUT2D eigenvalue weighted by molar-refractivity contribution is -0.121. The number of nitrogens with zero attached hydrogens (tertiary/aromatic N) is 3. The van der Waals surface area contributed by atoms with Crippen molar-refractivity contribution < 1.29 is 9.59 Å². The molecule has 1 fully saturated rings. The molecule has 3 aromatic rings. The monoisotopic (exact) mass is 580 g/mol. The summed E-state index contributed by atoms with van der Waals surface area (Å²) in [5, 5.41) is 15.4. The minimum absolute atomic E-state index is 0.0376. The first-order valence-corrected chi connectivity index (χ1v) is 13.4. The molecule has 36 heavy (non-hydrogen) atoms. The number of hydrogen-bond acceptors (Lipinski definition) is 5. The summed E-state index contributed by atoms with van der Waals surface area (Å²) in [6.07, 6.45) is 0.645. The van der Waals surface area contributed by atoms with Crippen LogP contribution in [0.4, 0.5) is 5.69 Å². The van der Waals surface area contributed by atoms with E-state index in [-0.39, 0.29) is 29.4 Å². The number of anilines is 1. The molecule has 2 atom stereocenters. The lowest BCUT2D eigenvalue weighted by atomic mass is 9.98. The van der Waals surface area contributed by atoms with Gasteiger partial charge in [-0.15, -0.1) is 0 Å². The van der Waals surface area contributed by atoms with Crippen molar-refractivity contribution in [2.24, 2.45) is 5.10 Å². The van der Waals surface area contributed by atoms with Crippen LogP contribution in [0, 0.1) is 12.3 Å². The number of carbonyl (C=O) groups excluding carboxylic acids is 2. The Hall–Kier alpha value is -2.94. The van der Waals surface area contributed by atoms with Crippen molar-refractivity contribution in [3.63, 3.8) is 0 Å². The van der Waals surface area contributed by atoms with Crippen LogP contribution < -0.4 is 4.90 Å². The highest BCUT2D eigenvalue weighted by atomic mass is 79.9. The topological polar surface area (TPSA) is 76.8 Å². The maximum absolute atomic E-state index is 13.2. The summed E-state index contributed by atoms with van der Waals surface area (Å²) in [6, 6.07) is 22.5. The maximum Gasteiger partial charge on any atom is 0.247 e. The summed E-state index contributed by atoms with van der Waals surface area (Å²) in [7, 11) is 0. The van der Waals surface area contributed by atoms with Gasteiger partial charge in [-0.1, -0.05) is 81.3 Å². The van der Waals surface area contributed by atoms with E-state index in [0.29, 0.717) is 17.1 Å². The maximum atomic E-state index is 13.2. The number of nitrogens with one attached hydrogen (secondary N) is 1. The highest BCUT2D eigenvalue weighted by Crippen LogP contribution is 2.38. The molecule has 0 aliphatic carbocycles. The molecule has 182 valence electrons. The van der Waals surface area contributed by atoms with Crippen LogP contribution in [0.1, 0.15) is 35.6 Å². The van der Waals surface area contributed by atoms with Crippen molar-refractivity contribution >= 4 is 67.7 Å². The van der Waals surface area contributed by atoms with E-state index in [2.05, 4.69) is 15.9 Å². The molecular formula is C27H22BrClN4O2S. The van der Waals surface area contributed by atoms with E-state index in [1.54, 1.807) is 29.3 Å². The Balaban J connectivity index is 1.39. The molecule has 2 amide bonds. The van der Waals surface area contributed by atoms with Crippen molar-refractivity contribution in [2.45, 2.75) is 31.1 Å². The third-order valence-corrected chi connectivity index (χ3v) is 8.05. The fourth-order valence-electron chi connectivity index (χ4n) is 4.31. The van der Waals surface area contributed by atoms with Gasteiger partial charge >= 0.3 is 0 Å². The summed E-state index contributed by atoms with van der Waals surface area (Å²) < 4.78 is 0.863. The van der Waals surface area contributed by atoms with Crippen LogP contribution in [0.15, 0.2) is 82.4 Å². The number of benzene rings is 3. The summed E-state index contributed by atoms with van der Waals surface area (Å²) in [4.78, 5) is 27.1. The van der Waals surface area contributed by atoms with Crippen LogP contribution in [-0.4, -0.2) is 33.0 Å². The Bertz CT molecular complexity index is 1360. The summed E-state index contributed by atoms with van der Waals surface area (Å²) in [5.74, 6) is -0.589. The van der Waals surface area contributed by atoms with Crippen molar-refractivity contribution in [1.29, 1.82) is 5.41 Å².